The van der Waals surface area contributed by atoms with Crippen LogP contribution in [0, 0.1) is 0 Å². The number of hydrogen-bond acceptors (Lipinski definition) is 6. The van der Waals surface area contributed by atoms with E-state index in [1.165, 1.54) is 28.7 Å². The van der Waals surface area contributed by atoms with Gasteiger partial charge in [0.15, 0.2) is 10.3 Å². The van der Waals surface area contributed by atoms with E-state index in [2.05, 4.69) is 44.1 Å². The van der Waals surface area contributed by atoms with E-state index in [0.29, 0.717) is 11.6 Å². The van der Waals surface area contributed by atoms with E-state index in [9.17, 15) is 4.79 Å². The molecule has 0 aliphatic heterocycles. The second-order valence-corrected chi connectivity index (χ2v) is 9.12. The number of nitrogens with zero attached hydrogens (tertiary/aromatic N) is 4. The number of thioether (sulfide) groups is 1. The highest BCUT2D eigenvalue weighted by Gasteiger charge is 2.21. The van der Waals surface area contributed by atoms with E-state index in [1.54, 1.807) is 0 Å². The Morgan fingerprint density at radius 2 is 1.81 bits per heavy atom. The molecule has 1 atom stereocenters. The lowest BCUT2D eigenvalue weighted by Crippen LogP contribution is -2.23. The van der Waals surface area contributed by atoms with Gasteiger partial charge in [0.2, 0.25) is 5.91 Å². The molecule has 2 heterocycles. The number of carbonyl (C=O) groups is 1. The summed E-state index contributed by atoms with van der Waals surface area (Å²) in [6.07, 6.45) is 0.712. The highest BCUT2D eigenvalue weighted by Crippen LogP contribution is 2.27. The number of carbonyl (C=O) groups excluding carboxylic acids is 1. The summed E-state index contributed by atoms with van der Waals surface area (Å²) in [5.74, 6) is 0.797. The van der Waals surface area contributed by atoms with Crippen molar-refractivity contribution in [2.75, 3.05) is 5.32 Å². The van der Waals surface area contributed by atoms with Gasteiger partial charge in [0.05, 0.1) is 10.9 Å². The van der Waals surface area contributed by atoms with E-state index < -0.39 is 0 Å². The van der Waals surface area contributed by atoms with E-state index >= 15 is 0 Å². The summed E-state index contributed by atoms with van der Waals surface area (Å²) >= 11 is 2.83. The third-order valence-corrected chi connectivity index (χ3v) is 6.61. The molecule has 31 heavy (non-hydrogen) atoms. The monoisotopic (exact) mass is 449 g/mol. The maximum atomic E-state index is 12.7. The molecule has 2 aromatic heterocycles. The van der Waals surface area contributed by atoms with Gasteiger partial charge in [-0.2, -0.15) is 0 Å². The highest BCUT2D eigenvalue weighted by atomic mass is 32.2. The maximum absolute atomic E-state index is 12.7. The Morgan fingerprint density at radius 1 is 1.10 bits per heavy atom. The quantitative estimate of drug-likeness (QED) is 0.378. The summed E-state index contributed by atoms with van der Waals surface area (Å²) in [6, 6.07) is 20.1. The minimum Gasteiger partial charge on any atom is -0.306 e. The van der Waals surface area contributed by atoms with Crippen LogP contribution in [0.1, 0.15) is 25.2 Å². The van der Waals surface area contributed by atoms with Crippen LogP contribution in [0.15, 0.2) is 71.2 Å². The lowest BCUT2D eigenvalue weighted by molar-refractivity contribution is -0.115. The van der Waals surface area contributed by atoms with Crippen LogP contribution in [0.25, 0.3) is 11.3 Å². The molecule has 1 N–H and O–H groups in total. The Balaban J connectivity index is 1.41. The smallest absolute Gasteiger partial charge is 0.239 e. The number of hydrogen-bond donors (Lipinski definition) is 1. The molecule has 0 fully saturated rings. The molecule has 0 spiro atoms. The van der Waals surface area contributed by atoms with Crippen LogP contribution in [0.3, 0.4) is 0 Å². The molecule has 8 heteroatoms. The van der Waals surface area contributed by atoms with Gasteiger partial charge in [0.25, 0.3) is 0 Å². The maximum Gasteiger partial charge on any atom is 0.239 e. The molecule has 4 aromatic rings. The fourth-order valence-electron chi connectivity index (χ4n) is 3.12. The zero-order chi connectivity index (χ0) is 21.6. The minimum absolute atomic E-state index is 0.103. The zero-order valence-electron chi connectivity index (χ0n) is 17.4. The number of nitrogens with one attached hydrogen (secondary N) is 1. The SMILES string of the molecule is CCn1c(Cc2ccccc2)nnc1SC(C)C(=O)Nc1nc(-c2ccccc2)cs1. The Bertz CT molecular complexity index is 1140. The predicted molar refractivity (Wildman–Crippen MR) is 126 cm³/mol. The van der Waals surface area contributed by atoms with E-state index in [4.69, 9.17) is 0 Å². The van der Waals surface area contributed by atoms with Crippen molar-refractivity contribution in [1.82, 2.24) is 19.7 Å². The van der Waals surface area contributed by atoms with Crippen molar-refractivity contribution in [3.8, 4) is 11.3 Å². The Hall–Kier alpha value is -2.97. The van der Waals surface area contributed by atoms with Crippen LogP contribution in [-0.2, 0) is 17.8 Å². The highest BCUT2D eigenvalue weighted by molar-refractivity contribution is 8.00. The third kappa shape index (κ3) is 5.21. The standard InChI is InChI=1S/C23H23N5OS2/c1-3-28-20(14-17-10-6-4-7-11-17)26-27-23(28)31-16(2)21(29)25-22-24-19(15-30-22)18-12-8-5-9-13-18/h4-13,15-16H,3,14H2,1-2H3,(H,24,25,29). The van der Waals surface area contributed by atoms with Crippen molar-refractivity contribution in [2.45, 2.75) is 37.2 Å². The summed E-state index contributed by atoms with van der Waals surface area (Å²) in [5.41, 5.74) is 3.08. The Kier molecular flexibility index (Phi) is 6.79. The van der Waals surface area contributed by atoms with Crippen LogP contribution in [-0.4, -0.2) is 30.9 Å². The number of rotatable bonds is 8. The largest absolute Gasteiger partial charge is 0.306 e. The summed E-state index contributed by atoms with van der Waals surface area (Å²) in [4.78, 5) is 17.3. The molecule has 0 aliphatic rings. The van der Waals surface area contributed by atoms with E-state index in [1.807, 2.05) is 60.8 Å². The molecule has 0 radical (unpaired) electrons. The van der Waals surface area contributed by atoms with Crippen molar-refractivity contribution in [3.63, 3.8) is 0 Å². The number of benzene rings is 2. The Labute approximate surface area is 189 Å². The van der Waals surface area contributed by atoms with Crippen molar-refractivity contribution in [2.24, 2.45) is 0 Å². The summed E-state index contributed by atoms with van der Waals surface area (Å²) in [6.45, 7) is 4.68. The first-order valence-electron chi connectivity index (χ1n) is 10.1. The van der Waals surface area contributed by atoms with Crippen molar-refractivity contribution >= 4 is 34.1 Å². The molecule has 0 saturated heterocycles. The number of amides is 1. The molecule has 6 nitrogen and oxygen atoms in total. The molecule has 158 valence electrons. The molecule has 0 bridgehead atoms. The number of aromatic nitrogens is 4. The van der Waals surface area contributed by atoms with Crippen molar-refractivity contribution < 1.29 is 4.79 Å². The summed E-state index contributed by atoms with van der Waals surface area (Å²) in [5, 5.41) is 14.6. The second kappa shape index (κ2) is 9.89. The molecule has 1 unspecified atom stereocenters. The summed E-state index contributed by atoms with van der Waals surface area (Å²) < 4.78 is 2.07. The van der Waals surface area contributed by atoms with Gasteiger partial charge >= 0.3 is 0 Å². The molecular formula is C23H23N5OS2. The van der Waals surface area contributed by atoms with Gasteiger partial charge in [-0.1, -0.05) is 72.4 Å². The van der Waals surface area contributed by atoms with E-state index in [-0.39, 0.29) is 11.2 Å². The predicted octanol–water partition coefficient (Wildman–Crippen LogP) is 5.13. The second-order valence-electron chi connectivity index (χ2n) is 6.96. The van der Waals surface area contributed by atoms with Crippen LogP contribution >= 0.6 is 23.1 Å². The van der Waals surface area contributed by atoms with Gasteiger partial charge in [-0.15, -0.1) is 21.5 Å². The molecular weight excluding hydrogens is 426 g/mol. The van der Waals surface area contributed by atoms with Gasteiger partial charge in [0, 0.05) is 23.9 Å². The first-order chi connectivity index (χ1) is 15.1. The van der Waals surface area contributed by atoms with Crippen molar-refractivity contribution in [1.29, 1.82) is 0 Å². The normalized spacial score (nSPS) is 11.9. The average Bonchev–Trinajstić information content (AvgIpc) is 3.42. The lowest BCUT2D eigenvalue weighted by atomic mass is 10.1. The molecule has 0 saturated carbocycles. The van der Waals surface area contributed by atoms with Crippen LogP contribution in [0.4, 0.5) is 5.13 Å². The minimum atomic E-state index is -0.330. The topological polar surface area (TPSA) is 72.7 Å². The Morgan fingerprint density at radius 3 is 2.52 bits per heavy atom. The van der Waals surface area contributed by atoms with Gasteiger partial charge in [-0.25, -0.2) is 4.98 Å². The van der Waals surface area contributed by atoms with Crippen molar-refractivity contribution in [3.05, 3.63) is 77.4 Å². The van der Waals surface area contributed by atoms with E-state index in [0.717, 1.165) is 28.8 Å². The van der Waals surface area contributed by atoms with Gasteiger partial charge in [0.1, 0.15) is 5.82 Å². The fourth-order valence-corrected chi connectivity index (χ4v) is 4.78. The fraction of sp³-hybridized carbons (Fsp3) is 0.217. The van der Waals surface area contributed by atoms with Gasteiger partial charge in [-0.3, -0.25) is 4.79 Å². The lowest BCUT2D eigenvalue weighted by Gasteiger charge is -2.11. The van der Waals surface area contributed by atoms with Crippen LogP contribution < -0.4 is 5.32 Å². The zero-order valence-corrected chi connectivity index (χ0v) is 19.0. The van der Waals surface area contributed by atoms with Gasteiger partial charge in [-0.05, 0) is 19.4 Å². The molecule has 0 aliphatic carbocycles. The summed E-state index contributed by atoms with van der Waals surface area (Å²) in [7, 11) is 0. The number of thiazole rings is 1. The number of anilines is 1. The average molecular weight is 450 g/mol. The molecule has 2 aromatic carbocycles. The van der Waals surface area contributed by atoms with Crippen LogP contribution in [0.5, 0.6) is 0 Å². The first-order valence-corrected chi connectivity index (χ1v) is 11.8. The molecule has 4 rings (SSSR count). The van der Waals surface area contributed by atoms with Crippen LogP contribution in [0.2, 0.25) is 0 Å². The molecule has 1 amide bonds. The third-order valence-electron chi connectivity index (χ3n) is 4.77. The first kappa shape index (κ1) is 21.3. The van der Waals surface area contributed by atoms with Gasteiger partial charge < -0.3 is 9.88 Å².